The number of nitrogen functional groups attached to an aromatic ring is 1. The van der Waals surface area contributed by atoms with E-state index in [-0.39, 0.29) is 6.61 Å². The third-order valence-electron chi connectivity index (χ3n) is 2.76. The van der Waals surface area contributed by atoms with Crippen molar-refractivity contribution < 1.29 is 12.6 Å². The van der Waals surface area contributed by atoms with Gasteiger partial charge < -0.3 is 10.6 Å². The van der Waals surface area contributed by atoms with Crippen molar-refractivity contribution in [2.24, 2.45) is 0 Å². The van der Waals surface area contributed by atoms with Crippen LogP contribution in [0.25, 0.3) is 0 Å². The number of benzene rings is 1. The molecule has 6 heteroatoms. The highest BCUT2D eigenvalue weighted by Crippen LogP contribution is 2.29. The maximum Gasteiger partial charge on any atom is 0.264 e. The van der Waals surface area contributed by atoms with Crippen molar-refractivity contribution in [3.05, 3.63) is 23.8 Å². The molecule has 0 aliphatic carbocycles. The second kappa shape index (κ2) is 4.54. The van der Waals surface area contributed by atoms with Crippen molar-refractivity contribution in [2.45, 2.75) is 6.42 Å². The highest BCUT2D eigenvalue weighted by Gasteiger charge is 2.19. The van der Waals surface area contributed by atoms with E-state index in [1.807, 2.05) is 18.2 Å². The van der Waals surface area contributed by atoms with Gasteiger partial charge >= 0.3 is 0 Å². The number of anilines is 2. The van der Waals surface area contributed by atoms with Crippen molar-refractivity contribution in [2.75, 3.05) is 36.6 Å². The topological polar surface area (TPSA) is 72.6 Å². The lowest BCUT2D eigenvalue weighted by Crippen LogP contribution is -2.26. The fourth-order valence-electron chi connectivity index (χ4n) is 1.99. The van der Waals surface area contributed by atoms with Gasteiger partial charge in [-0.2, -0.15) is 8.42 Å². The van der Waals surface area contributed by atoms with Crippen molar-refractivity contribution in [3.8, 4) is 0 Å². The zero-order chi connectivity index (χ0) is 12.5. The van der Waals surface area contributed by atoms with Gasteiger partial charge in [-0.1, -0.05) is 6.07 Å². The summed E-state index contributed by atoms with van der Waals surface area (Å²) in [7, 11) is -3.35. The van der Waals surface area contributed by atoms with E-state index in [1.165, 1.54) is 5.56 Å². The first-order valence-corrected chi connectivity index (χ1v) is 7.25. The maximum absolute atomic E-state index is 10.8. The molecule has 0 aromatic heterocycles. The molecule has 5 nitrogen and oxygen atoms in total. The quantitative estimate of drug-likeness (QED) is 0.631. The molecule has 0 fully saturated rings. The van der Waals surface area contributed by atoms with Crippen LogP contribution < -0.4 is 10.6 Å². The summed E-state index contributed by atoms with van der Waals surface area (Å²) in [5.41, 5.74) is 8.79. The van der Waals surface area contributed by atoms with Crippen LogP contribution in [0.3, 0.4) is 0 Å². The van der Waals surface area contributed by atoms with Crippen molar-refractivity contribution >= 4 is 21.5 Å². The predicted octanol–water partition coefficient (Wildman–Crippen LogP) is 0.608. The molecule has 2 rings (SSSR count). The molecule has 94 valence electrons. The minimum atomic E-state index is -3.35. The number of hydrogen-bond acceptors (Lipinski definition) is 5. The molecule has 0 radical (unpaired) electrons. The molecule has 0 unspecified atom stereocenters. The van der Waals surface area contributed by atoms with Crippen LogP contribution in [0, 0.1) is 0 Å². The third kappa shape index (κ3) is 3.10. The van der Waals surface area contributed by atoms with Gasteiger partial charge in [0.1, 0.15) is 0 Å². The normalized spacial score (nSPS) is 15.0. The smallest absolute Gasteiger partial charge is 0.264 e. The Balaban J connectivity index is 2.00. The average Bonchev–Trinajstić information content (AvgIpc) is 2.59. The minimum absolute atomic E-state index is 0.174. The molecule has 1 heterocycles. The van der Waals surface area contributed by atoms with Gasteiger partial charge in [0.15, 0.2) is 0 Å². The first-order valence-electron chi connectivity index (χ1n) is 5.43. The molecule has 0 amide bonds. The maximum atomic E-state index is 10.8. The fraction of sp³-hybridized carbons (Fsp3) is 0.455. The van der Waals surface area contributed by atoms with Gasteiger partial charge in [0, 0.05) is 24.5 Å². The molecule has 1 aromatic carbocycles. The van der Waals surface area contributed by atoms with Gasteiger partial charge in [-0.05, 0) is 24.1 Å². The van der Waals surface area contributed by atoms with E-state index in [0.29, 0.717) is 6.54 Å². The van der Waals surface area contributed by atoms with Crippen LogP contribution in [-0.2, 0) is 20.7 Å². The summed E-state index contributed by atoms with van der Waals surface area (Å²) in [5.74, 6) is 0. The summed E-state index contributed by atoms with van der Waals surface area (Å²) >= 11 is 0. The Bertz CT molecular complexity index is 513. The van der Waals surface area contributed by atoms with Crippen LogP contribution in [0.4, 0.5) is 11.4 Å². The summed E-state index contributed by atoms with van der Waals surface area (Å²) in [6.45, 7) is 1.61. The van der Waals surface area contributed by atoms with Crippen LogP contribution in [0.5, 0.6) is 0 Å². The van der Waals surface area contributed by atoms with E-state index < -0.39 is 10.1 Å². The lowest BCUT2D eigenvalue weighted by atomic mass is 10.1. The van der Waals surface area contributed by atoms with E-state index in [1.54, 1.807) is 0 Å². The molecule has 0 saturated carbocycles. The Morgan fingerprint density at radius 1 is 1.47 bits per heavy atom. The first kappa shape index (κ1) is 12.2. The number of rotatable bonds is 4. The second-order valence-electron chi connectivity index (χ2n) is 4.15. The van der Waals surface area contributed by atoms with E-state index in [9.17, 15) is 8.42 Å². The van der Waals surface area contributed by atoms with Crippen molar-refractivity contribution in [3.63, 3.8) is 0 Å². The largest absolute Gasteiger partial charge is 0.399 e. The Kier molecular flexibility index (Phi) is 3.26. The Morgan fingerprint density at radius 3 is 2.94 bits per heavy atom. The van der Waals surface area contributed by atoms with E-state index in [4.69, 9.17) is 9.92 Å². The SMILES string of the molecule is CS(=O)(=O)OCCN1CCc2ccc(N)cc21. The Hall–Kier alpha value is -1.27. The van der Waals surface area contributed by atoms with E-state index >= 15 is 0 Å². The summed E-state index contributed by atoms with van der Waals surface area (Å²) in [5, 5.41) is 0. The van der Waals surface area contributed by atoms with Gasteiger partial charge in [-0.15, -0.1) is 0 Å². The molecular weight excluding hydrogens is 240 g/mol. The molecule has 0 atom stereocenters. The van der Waals surface area contributed by atoms with Crippen molar-refractivity contribution in [1.29, 1.82) is 0 Å². The molecule has 17 heavy (non-hydrogen) atoms. The summed E-state index contributed by atoms with van der Waals surface area (Å²) in [6.07, 6.45) is 2.03. The second-order valence-corrected chi connectivity index (χ2v) is 5.80. The highest BCUT2D eigenvalue weighted by atomic mass is 32.2. The predicted molar refractivity (Wildman–Crippen MR) is 67.6 cm³/mol. The van der Waals surface area contributed by atoms with Gasteiger partial charge in [0.05, 0.1) is 12.9 Å². The van der Waals surface area contributed by atoms with Gasteiger partial charge in [-0.3, -0.25) is 4.18 Å². The Morgan fingerprint density at radius 2 is 2.24 bits per heavy atom. The lowest BCUT2D eigenvalue weighted by molar-refractivity contribution is 0.328. The average molecular weight is 256 g/mol. The summed E-state index contributed by atoms with van der Waals surface area (Å²) < 4.78 is 26.4. The van der Waals surface area contributed by atoms with Crippen molar-refractivity contribution in [1.82, 2.24) is 0 Å². The number of hydrogen-bond donors (Lipinski definition) is 1. The third-order valence-corrected chi connectivity index (χ3v) is 3.35. The molecule has 1 aliphatic heterocycles. The highest BCUT2D eigenvalue weighted by molar-refractivity contribution is 7.85. The molecule has 1 aliphatic rings. The first-order chi connectivity index (χ1) is 7.96. The van der Waals surface area contributed by atoms with Crippen LogP contribution in [-0.4, -0.2) is 34.4 Å². The fourth-order valence-corrected chi connectivity index (χ4v) is 2.37. The number of nitrogens with zero attached hydrogens (tertiary/aromatic N) is 1. The van der Waals surface area contributed by atoms with Gasteiger partial charge in [0.25, 0.3) is 10.1 Å². The van der Waals surface area contributed by atoms with E-state index in [0.717, 1.165) is 30.6 Å². The standard InChI is InChI=1S/C11H16N2O3S/c1-17(14,15)16-7-6-13-5-4-9-2-3-10(12)8-11(9)13/h2-3,8H,4-7,12H2,1H3. The molecule has 2 N–H and O–H groups in total. The molecule has 0 saturated heterocycles. The van der Waals surface area contributed by atoms with Gasteiger partial charge in [-0.25, -0.2) is 0 Å². The molecule has 1 aromatic rings. The van der Waals surface area contributed by atoms with E-state index in [2.05, 4.69) is 4.90 Å². The van der Waals surface area contributed by atoms with Crippen LogP contribution >= 0.6 is 0 Å². The summed E-state index contributed by atoms with van der Waals surface area (Å²) in [4.78, 5) is 2.09. The minimum Gasteiger partial charge on any atom is -0.399 e. The Labute approximate surface area is 101 Å². The monoisotopic (exact) mass is 256 g/mol. The van der Waals surface area contributed by atoms with Crippen LogP contribution in [0.1, 0.15) is 5.56 Å². The number of fused-ring (bicyclic) bond motifs is 1. The van der Waals surface area contributed by atoms with Crippen LogP contribution in [0.15, 0.2) is 18.2 Å². The zero-order valence-electron chi connectivity index (χ0n) is 9.72. The zero-order valence-corrected chi connectivity index (χ0v) is 10.5. The molecule has 0 spiro atoms. The lowest BCUT2D eigenvalue weighted by Gasteiger charge is -2.19. The summed E-state index contributed by atoms with van der Waals surface area (Å²) in [6, 6.07) is 5.82. The van der Waals surface area contributed by atoms with Crippen LogP contribution in [0.2, 0.25) is 0 Å². The molecular formula is C11H16N2O3S. The molecule has 0 bridgehead atoms. The van der Waals surface area contributed by atoms with Gasteiger partial charge in [0.2, 0.25) is 0 Å². The number of nitrogens with two attached hydrogens (primary N) is 1.